The SMILES string of the molecule is C=C(C)[C@@H]1CC=C2[C@@H](CC[C@]3(C)[C@@H]([C@H](C)C=C4C=C(C)C(=O)O4)CC[C@@]23C)[C@@]1(C)CCC(=O)O. The minimum absolute atomic E-state index is 0.0648. The maximum atomic E-state index is 11.8. The number of cyclic esters (lactones) is 1. The molecule has 4 nitrogen and oxygen atoms in total. The van der Waals surface area contributed by atoms with Gasteiger partial charge in [-0.2, -0.15) is 0 Å². The first kappa shape index (κ1) is 25.0. The van der Waals surface area contributed by atoms with Crippen LogP contribution in [0.5, 0.6) is 0 Å². The molecular formula is C30H42O4. The Labute approximate surface area is 205 Å². The van der Waals surface area contributed by atoms with E-state index in [-0.39, 0.29) is 28.6 Å². The second kappa shape index (κ2) is 8.53. The molecule has 0 bridgehead atoms. The molecule has 4 rings (SSSR count). The third kappa shape index (κ3) is 3.72. The number of aliphatic carboxylic acids is 1. The second-order valence-electron chi connectivity index (χ2n) is 12.3. The highest BCUT2D eigenvalue weighted by Crippen LogP contribution is 2.71. The minimum Gasteiger partial charge on any atom is -0.481 e. The summed E-state index contributed by atoms with van der Waals surface area (Å²) in [6, 6.07) is 0. The number of rotatable bonds is 6. The average Bonchev–Trinajstić information content (AvgIpc) is 3.21. The van der Waals surface area contributed by atoms with Gasteiger partial charge in [-0.05, 0) is 104 Å². The van der Waals surface area contributed by atoms with Crippen molar-refractivity contribution in [2.75, 3.05) is 0 Å². The molecule has 1 heterocycles. The summed E-state index contributed by atoms with van der Waals surface area (Å²) in [6.07, 6.45) is 13.0. The molecule has 4 heteroatoms. The number of ether oxygens (including phenoxy) is 1. The van der Waals surface area contributed by atoms with E-state index in [0.717, 1.165) is 32.1 Å². The maximum Gasteiger partial charge on any atom is 0.339 e. The van der Waals surface area contributed by atoms with E-state index in [4.69, 9.17) is 4.74 Å². The van der Waals surface area contributed by atoms with E-state index < -0.39 is 5.97 Å². The number of carbonyl (C=O) groups excluding carboxylic acids is 1. The Morgan fingerprint density at radius 2 is 2.00 bits per heavy atom. The number of hydrogen-bond acceptors (Lipinski definition) is 3. The molecule has 2 saturated carbocycles. The molecule has 1 N–H and O–H groups in total. The van der Waals surface area contributed by atoms with E-state index in [9.17, 15) is 14.7 Å². The molecule has 0 amide bonds. The smallest absolute Gasteiger partial charge is 0.339 e. The van der Waals surface area contributed by atoms with Crippen LogP contribution in [-0.4, -0.2) is 17.0 Å². The lowest BCUT2D eigenvalue weighted by atomic mass is 9.44. The minimum atomic E-state index is -0.704. The highest BCUT2D eigenvalue weighted by Gasteiger charge is 2.63. The van der Waals surface area contributed by atoms with Crippen molar-refractivity contribution in [2.45, 2.75) is 86.5 Å². The van der Waals surface area contributed by atoms with E-state index in [0.29, 0.717) is 41.4 Å². The van der Waals surface area contributed by atoms with Crippen LogP contribution < -0.4 is 0 Å². The Bertz CT molecular complexity index is 999. The van der Waals surface area contributed by atoms with Crippen LogP contribution in [0, 0.1) is 39.9 Å². The quantitative estimate of drug-likeness (QED) is 0.331. The Kier molecular flexibility index (Phi) is 6.28. The number of esters is 1. The van der Waals surface area contributed by atoms with Gasteiger partial charge in [0.1, 0.15) is 5.76 Å². The van der Waals surface area contributed by atoms with Crippen molar-refractivity contribution in [1.82, 2.24) is 0 Å². The van der Waals surface area contributed by atoms with E-state index in [2.05, 4.69) is 53.3 Å². The predicted molar refractivity (Wildman–Crippen MR) is 135 cm³/mol. The molecule has 4 aliphatic rings. The fraction of sp³-hybridized carbons (Fsp3) is 0.667. The van der Waals surface area contributed by atoms with Crippen molar-refractivity contribution < 1.29 is 19.4 Å². The van der Waals surface area contributed by atoms with Crippen LogP contribution in [0.1, 0.15) is 86.5 Å². The summed E-state index contributed by atoms with van der Waals surface area (Å²) in [7, 11) is 0. The molecule has 7 atom stereocenters. The van der Waals surface area contributed by atoms with Gasteiger partial charge in [-0.25, -0.2) is 4.79 Å². The van der Waals surface area contributed by atoms with Gasteiger partial charge in [-0.3, -0.25) is 4.79 Å². The van der Waals surface area contributed by atoms with Gasteiger partial charge in [-0.15, -0.1) is 0 Å². The normalized spacial score (nSPS) is 41.3. The number of allylic oxidation sites excluding steroid dienone is 5. The van der Waals surface area contributed by atoms with E-state index in [1.54, 1.807) is 12.5 Å². The summed E-state index contributed by atoms with van der Waals surface area (Å²) in [5.41, 5.74) is 3.64. The summed E-state index contributed by atoms with van der Waals surface area (Å²) < 4.78 is 5.45. The molecule has 0 aromatic carbocycles. The van der Waals surface area contributed by atoms with Gasteiger partial charge in [-0.1, -0.05) is 51.5 Å². The molecule has 0 saturated heterocycles. The first-order chi connectivity index (χ1) is 15.8. The summed E-state index contributed by atoms with van der Waals surface area (Å²) in [4.78, 5) is 23.4. The number of carboxylic acids is 1. The van der Waals surface area contributed by atoms with Crippen LogP contribution in [0.25, 0.3) is 0 Å². The van der Waals surface area contributed by atoms with Gasteiger partial charge in [0.2, 0.25) is 0 Å². The molecule has 34 heavy (non-hydrogen) atoms. The third-order valence-corrected chi connectivity index (χ3v) is 10.6. The fourth-order valence-corrected chi connectivity index (χ4v) is 8.47. The van der Waals surface area contributed by atoms with Crippen LogP contribution in [0.4, 0.5) is 0 Å². The Morgan fingerprint density at radius 1 is 1.29 bits per heavy atom. The van der Waals surface area contributed by atoms with Gasteiger partial charge < -0.3 is 9.84 Å². The van der Waals surface area contributed by atoms with Crippen LogP contribution in [0.15, 0.2) is 47.3 Å². The van der Waals surface area contributed by atoms with E-state index >= 15 is 0 Å². The fourth-order valence-electron chi connectivity index (χ4n) is 8.47. The Balaban J connectivity index is 1.66. The number of carbonyl (C=O) groups is 2. The van der Waals surface area contributed by atoms with Crippen molar-refractivity contribution in [3.8, 4) is 0 Å². The van der Waals surface area contributed by atoms with Crippen molar-refractivity contribution >= 4 is 11.9 Å². The maximum absolute atomic E-state index is 11.8. The van der Waals surface area contributed by atoms with Gasteiger partial charge in [0.05, 0.1) is 0 Å². The molecule has 0 spiro atoms. The predicted octanol–water partition coefficient (Wildman–Crippen LogP) is 7.24. The topological polar surface area (TPSA) is 63.6 Å². The van der Waals surface area contributed by atoms with Gasteiger partial charge in [0.15, 0.2) is 0 Å². The molecule has 0 radical (unpaired) electrons. The van der Waals surface area contributed by atoms with Crippen LogP contribution in [-0.2, 0) is 14.3 Å². The summed E-state index contributed by atoms with van der Waals surface area (Å²) in [6.45, 7) is 17.8. The van der Waals surface area contributed by atoms with Crippen molar-refractivity contribution in [3.05, 3.63) is 47.3 Å². The first-order valence-corrected chi connectivity index (χ1v) is 13.0. The molecule has 186 valence electrons. The standard InChI is InChI=1S/C30H42O4/c1-18(2)22-8-9-25-24(28(22,5)13-12-26(31)32)11-15-29(6)23(10-14-30(25,29)7)19(3)16-21-17-20(4)27(33)34-21/h9,16-17,19,22-24H,1,8,10-15H2,2-7H3,(H,31,32)/t19-,22+,23-,24-,28+,29-,30+/m1/s1. The number of fused-ring (bicyclic) bond motifs is 3. The van der Waals surface area contributed by atoms with E-state index in [1.165, 1.54) is 5.57 Å². The monoisotopic (exact) mass is 466 g/mol. The zero-order valence-corrected chi connectivity index (χ0v) is 21.9. The van der Waals surface area contributed by atoms with Crippen LogP contribution in [0.2, 0.25) is 0 Å². The van der Waals surface area contributed by atoms with E-state index in [1.807, 2.05) is 6.08 Å². The molecule has 0 aromatic heterocycles. The summed E-state index contributed by atoms with van der Waals surface area (Å²) in [5, 5.41) is 9.49. The number of carboxylic acid groups (broad SMARTS) is 1. The molecule has 1 aliphatic heterocycles. The highest BCUT2D eigenvalue weighted by atomic mass is 16.5. The lowest BCUT2D eigenvalue weighted by Gasteiger charge is -2.60. The lowest BCUT2D eigenvalue weighted by Crippen LogP contribution is -2.52. The Morgan fingerprint density at radius 3 is 2.59 bits per heavy atom. The zero-order valence-electron chi connectivity index (χ0n) is 21.9. The molecule has 0 aromatic rings. The largest absolute Gasteiger partial charge is 0.481 e. The summed E-state index contributed by atoms with van der Waals surface area (Å²) >= 11 is 0. The molecule has 0 unspecified atom stereocenters. The number of hydrogen-bond donors (Lipinski definition) is 1. The second-order valence-corrected chi connectivity index (χ2v) is 12.3. The van der Waals surface area contributed by atoms with Gasteiger partial charge in [0.25, 0.3) is 0 Å². The zero-order chi connectivity index (χ0) is 25.1. The highest BCUT2D eigenvalue weighted by molar-refractivity contribution is 5.92. The van der Waals surface area contributed by atoms with Crippen molar-refractivity contribution in [2.24, 2.45) is 39.9 Å². The van der Waals surface area contributed by atoms with Crippen LogP contribution >= 0.6 is 0 Å². The average molecular weight is 467 g/mol. The Hall–Kier alpha value is -2.10. The third-order valence-electron chi connectivity index (χ3n) is 10.6. The van der Waals surface area contributed by atoms with Gasteiger partial charge in [0, 0.05) is 12.0 Å². The molecular weight excluding hydrogens is 424 g/mol. The first-order valence-electron chi connectivity index (χ1n) is 13.0. The van der Waals surface area contributed by atoms with Crippen molar-refractivity contribution in [3.63, 3.8) is 0 Å². The van der Waals surface area contributed by atoms with Gasteiger partial charge >= 0.3 is 11.9 Å². The molecule has 2 fully saturated rings. The lowest BCUT2D eigenvalue weighted by molar-refractivity contribution is -0.138. The molecule has 3 aliphatic carbocycles. The van der Waals surface area contributed by atoms with Crippen LogP contribution in [0.3, 0.4) is 0 Å². The summed E-state index contributed by atoms with van der Waals surface area (Å²) in [5.74, 6) is 1.34. The van der Waals surface area contributed by atoms with Crippen molar-refractivity contribution in [1.29, 1.82) is 0 Å².